The van der Waals surface area contributed by atoms with Crippen LogP contribution in [0.1, 0.15) is 25.0 Å². The third-order valence-electron chi connectivity index (χ3n) is 6.07. The molecule has 5 nitrogen and oxygen atoms in total. The molecule has 190 valence electrons. The first kappa shape index (κ1) is 26.4. The van der Waals surface area contributed by atoms with E-state index in [9.17, 15) is 9.59 Å². The van der Waals surface area contributed by atoms with E-state index in [2.05, 4.69) is 21.2 Å². The van der Waals surface area contributed by atoms with Gasteiger partial charge in [0.05, 0.1) is 0 Å². The number of rotatable bonds is 10. The van der Waals surface area contributed by atoms with Gasteiger partial charge in [-0.15, -0.1) is 0 Å². The van der Waals surface area contributed by atoms with Crippen LogP contribution in [0.5, 0.6) is 5.75 Å². The van der Waals surface area contributed by atoms with E-state index in [1.807, 2.05) is 111 Å². The molecule has 0 aliphatic carbocycles. The Morgan fingerprint density at radius 1 is 0.838 bits per heavy atom. The minimum atomic E-state index is -0.697. The van der Waals surface area contributed by atoms with Gasteiger partial charge in [-0.05, 0) is 48.6 Å². The van der Waals surface area contributed by atoms with E-state index in [1.54, 1.807) is 4.90 Å². The van der Waals surface area contributed by atoms with Crippen LogP contribution >= 0.6 is 15.9 Å². The van der Waals surface area contributed by atoms with Crippen molar-refractivity contribution >= 4 is 38.5 Å². The largest absolute Gasteiger partial charge is 0.483 e. The Bertz CT molecular complexity index is 1330. The summed E-state index contributed by atoms with van der Waals surface area (Å²) in [5.41, 5.74) is 1.91. The van der Waals surface area contributed by atoms with Gasteiger partial charge in [-0.25, -0.2) is 0 Å². The van der Waals surface area contributed by atoms with E-state index in [0.717, 1.165) is 26.4 Å². The summed E-state index contributed by atoms with van der Waals surface area (Å²) in [5.74, 6) is 0.200. The summed E-state index contributed by atoms with van der Waals surface area (Å²) in [4.78, 5) is 28.8. The quantitative estimate of drug-likeness (QED) is 0.254. The fourth-order valence-corrected chi connectivity index (χ4v) is 4.53. The van der Waals surface area contributed by atoms with Crippen LogP contribution < -0.4 is 10.1 Å². The molecule has 0 fully saturated rings. The molecule has 2 amide bonds. The maximum atomic E-state index is 13.8. The average molecular weight is 560 g/mol. The molecule has 6 heteroatoms. The molecule has 4 aromatic rings. The van der Waals surface area contributed by atoms with E-state index in [4.69, 9.17) is 4.74 Å². The SMILES string of the molecule is CC(C)NC(=O)C(Cc1ccccc1)N(Cc1ccc(Br)cc1)C(=O)COc1cccc2ccccc12. The van der Waals surface area contributed by atoms with Crippen molar-refractivity contribution in [3.05, 3.63) is 113 Å². The van der Waals surface area contributed by atoms with Gasteiger partial charge in [0.15, 0.2) is 6.61 Å². The lowest BCUT2D eigenvalue weighted by Gasteiger charge is -2.32. The summed E-state index contributed by atoms with van der Waals surface area (Å²) in [6, 6.07) is 30.5. The summed E-state index contributed by atoms with van der Waals surface area (Å²) in [7, 11) is 0. The number of carbonyl (C=O) groups excluding carboxylic acids is 2. The van der Waals surface area contributed by atoms with Crippen LogP contribution in [-0.2, 0) is 22.6 Å². The number of carbonyl (C=O) groups is 2. The van der Waals surface area contributed by atoms with E-state index in [0.29, 0.717) is 12.2 Å². The van der Waals surface area contributed by atoms with Crippen molar-refractivity contribution in [2.45, 2.75) is 38.9 Å². The Kier molecular flexibility index (Phi) is 8.96. The third-order valence-corrected chi connectivity index (χ3v) is 6.60. The fraction of sp³-hybridized carbons (Fsp3) is 0.226. The second-order valence-corrected chi connectivity index (χ2v) is 10.2. The maximum absolute atomic E-state index is 13.8. The molecule has 0 spiro atoms. The number of benzene rings is 4. The lowest BCUT2D eigenvalue weighted by Crippen LogP contribution is -2.52. The molecule has 0 aliphatic heterocycles. The summed E-state index contributed by atoms with van der Waals surface area (Å²) in [5, 5.41) is 4.99. The molecule has 37 heavy (non-hydrogen) atoms. The van der Waals surface area contributed by atoms with Crippen LogP contribution in [0.15, 0.2) is 102 Å². The second-order valence-electron chi connectivity index (χ2n) is 9.28. The van der Waals surface area contributed by atoms with Gasteiger partial charge in [0.1, 0.15) is 11.8 Å². The predicted octanol–water partition coefficient (Wildman–Crippen LogP) is 6.15. The standard InChI is InChI=1S/C31H31BrN2O3/c1-22(2)33-31(36)28(19-23-9-4-3-5-10-23)34(20-24-15-17-26(32)18-16-24)30(35)21-37-29-14-8-12-25-11-6-7-13-27(25)29/h3-18,22,28H,19-21H2,1-2H3,(H,33,36). The van der Waals surface area contributed by atoms with Crippen molar-refractivity contribution < 1.29 is 14.3 Å². The highest BCUT2D eigenvalue weighted by Crippen LogP contribution is 2.25. The Balaban J connectivity index is 1.64. The van der Waals surface area contributed by atoms with Crippen LogP contribution in [0.4, 0.5) is 0 Å². The second kappa shape index (κ2) is 12.5. The highest BCUT2D eigenvalue weighted by atomic mass is 79.9. The van der Waals surface area contributed by atoms with E-state index >= 15 is 0 Å². The Hall–Kier alpha value is -3.64. The zero-order chi connectivity index (χ0) is 26.2. The number of nitrogens with zero attached hydrogens (tertiary/aromatic N) is 1. The smallest absolute Gasteiger partial charge is 0.261 e. The summed E-state index contributed by atoms with van der Waals surface area (Å²) in [6.45, 7) is 3.95. The molecule has 0 bridgehead atoms. The van der Waals surface area contributed by atoms with Gasteiger partial charge in [0.2, 0.25) is 5.91 Å². The zero-order valence-corrected chi connectivity index (χ0v) is 22.6. The van der Waals surface area contributed by atoms with Crippen LogP contribution in [0.2, 0.25) is 0 Å². The third kappa shape index (κ3) is 7.20. The van der Waals surface area contributed by atoms with Gasteiger partial charge in [-0.2, -0.15) is 0 Å². The number of halogens is 1. The van der Waals surface area contributed by atoms with Gasteiger partial charge >= 0.3 is 0 Å². The summed E-state index contributed by atoms with van der Waals surface area (Å²) >= 11 is 3.47. The number of amides is 2. The number of ether oxygens (including phenoxy) is 1. The fourth-order valence-electron chi connectivity index (χ4n) is 4.27. The van der Waals surface area contributed by atoms with Crippen molar-refractivity contribution in [3.63, 3.8) is 0 Å². The molecule has 0 aliphatic rings. The van der Waals surface area contributed by atoms with Gasteiger partial charge in [-0.1, -0.05) is 94.8 Å². The normalized spacial score (nSPS) is 11.8. The first-order valence-electron chi connectivity index (χ1n) is 12.4. The molecule has 0 saturated carbocycles. The summed E-state index contributed by atoms with van der Waals surface area (Å²) in [6.07, 6.45) is 0.399. The molecule has 4 aromatic carbocycles. The minimum Gasteiger partial charge on any atom is -0.483 e. The van der Waals surface area contributed by atoms with Gasteiger partial charge in [0, 0.05) is 28.9 Å². The van der Waals surface area contributed by atoms with Crippen LogP contribution in [0, 0.1) is 0 Å². The Morgan fingerprint density at radius 2 is 1.51 bits per heavy atom. The monoisotopic (exact) mass is 558 g/mol. The summed E-state index contributed by atoms with van der Waals surface area (Å²) < 4.78 is 7.00. The van der Waals surface area contributed by atoms with E-state index in [-0.39, 0.29) is 31.0 Å². The highest BCUT2D eigenvalue weighted by Gasteiger charge is 2.31. The lowest BCUT2D eigenvalue weighted by molar-refractivity contribution is -0.143. The Morgan fingerprint density at radius 3 is 2.24 bits per heavy atom. The number of nitrogens with one attached hydrogen (secondary N) is 1. The molecule has 0 saturated heterocycles. The number of fused-ring (bicyclic) bond motifs is 1. The molecular formula is C31H31BrN2O3. The molecule has 1 N–H and O–H groups in total. The molecule has 0 heterocycles. The topological polar surface area (TPSA) is 58.6 Å². The van der Waals surface area contributed by atoms with E-state index < -0.39 is 6.04 Å². The molecule has 0 radical (unpaired) electrons. The molecule has 1 unspecified atom stereocenters. The molecule has 1 atom stereocenters. The lowest BCUT2D eigenvalue weighted by atomic mass is 10.0. The highest BCUT2D eigenvalue weighted by molar-refractivity contribution is 9.10. The van der Waals surface area contributed by atoms with Crippen LogP contribution in [0.3, 0.4) is 0 Å². The predicted molar refractivity (Wildman–Crippen MR) is 151 cm³/mol. The van der Waals surface area contributed by atoms with Crippen LogP contribution in [-0.4, -0.2) is 35.4 Å². The van der Waals surface area contributed by atoms with Gasteiger partial charge < -0.3 is 15.0 Å². The van der Waals surface area contributed by atoms with Crippen molar-refractivity contribution in [3.8, 4) is 5.75 Å². The molecular weight excluding hydrogens is 528 g/mol. The first-order valence-corrected chi connectivity index (χ1v) is 13.2. The average Bonchev–Trinajstić information content (AvgIpc) is 2.90. The van der Waals surface area contributed by atoms with Crippen molar-refractivity contribution in [2.24, 2.45) is 0 Å². The number of hydrogen-bond acceptors (Lipinski definition) is 3. The number of hydrogen-bond donors (Lipinski definition) is 1. The van der Waals surface area contributed by atoms with Crippen molar-refractivity contribution in [1.29, 1.82) is 0 Å². The van der Waals surface area contributed by atoms with Crippen molar-refractivity contribution in [1.82, 2.24) is 10.2 Å². The van der Waals surface area contributed by atoms with E-state index in [1.165, 1.54) is 0 Å². The maximum Gasteiger partial charge on any atom is 0.261 e. The molecule has 4 rings (SSSR count). The molecule has 0 aromatic heterocycles. The van der Waals surface area contributed by atoms with Crippen molar-refractivity contribution in [2.75, 3.05) is 6.61 Å². The van der Waals surface area contributed by atoms with Gasteiger partial charge in [0.25, 0.3) is 5.91 Å². The first-order chi connectivity index (χ1) is 17.9. The Labute approximate surface area is 226 Å². The zero-order valence-electron chi connectivity index (χ0n) is 21.1. The van der Waals surface area contributed by atoms with Crippen LogP contribution in [0.25, 0.3) is 10.8 Å². The minimum absolute atomic E-state index is 0.0534. The van der Waals surface area contributed by atoms with Gasteiger partial charge in [-0.3, -0.25) is 9.59 Å².